The number of nitrogens with zero attached hydrogens (tertiary/aromatic N) is 1. The van der Waals surface area contributed by atoms with E-state index in [1.54, 1.807) is 27.7 Å². The monoisotopic (exact) mass is 265 g/mol. The van der Waals surface area contributed by atoms with E-state index in [-0.39, 0.29) is 13.1 Å². The summed E-state index contributed by atoms with van der Waals surface area (Å²) in [6.45, 7) is 7.41. The van der Waals surface area contributed by atoms with E-state index in [1.807, 2.05) is 0 Å². The van der Waals surface area contributed by atoms with Gasteiger partial charge in [-0.2, -0.15) is 8.42 Å². The third-order valence-electron chi connectivity index (χ3n) is 2.05. The quantitative estimate of drug-likeness (QED) is 0.696. The van der Waals surface area contributed by atoms with Crippen LogP contribution in [0.1, 0.15) is 27.7 Å². The van der Waals surface area contributed by atoms with E-state index in [9.17, 15) is 13.2 Å². The number of likely N-dealkylation sites (tertiary alicyclic amines) is 1. The number of hydrogen-bond donors (Lipinski definition) is 0. The van der Waals surface area contributed by atoms with Gasteiger partial charge in [-0.1, -0.05) is 0 Å². The highest BCUT2D eigenvalue weighted by molar-refractivity contribution is 7.86. The molecule has 1 rings (SSSR count). The maximum absolute atomic E-state index is 11.6. The molecule has 1 fully saturated rings. The minimum atomic E-state index is -3.51. The second-order valence-corrected chi connectivity index (χ2v) is 7.15. The smallest absolute Gasteiger partial charge is 0.410 e. The number of carbonyl (C=O) groups is 1. The van der Waals surface area contributed by atoms with Gasteiger partial charge in [-0.15, -0.1) is 0 Å². The van der Waals surface area contributed by atoms with Gasteiger partial charge in [-0.05, 0) is 27.7 Å². The molecule has 1 saturated heterocycles. The molecule has 1 aliphatic heterocycles. The standard InChI is InChI=1S/C10H19NO5S/c1-9(2,3)15-8(12)11-6-10(4,7-11)16-17(5,13)14/h6-7H2,1-5H3. The van der Waals surface area contributed by atoms with Crippen LogP contribution in [0.4, 0.5) is 4.79 Å². The minimum absolute atomic E-state index is 0.217. The van der Waals surface area contributed by atoms with Crippen molar-refractivity contribution in [3.8, 4) is 0 Å². The van der Waals surface area contributed by atoms with Crippen molar-refractivity contribution in [1.29, 1.82) is 0 Å². The maximum Gasteiger partial charge on any atom is 0.410 e. The highest BCUT2D eigenvalue weighted by Crippen LogP contribution is 2.27. The average molecular weight is 265 g/mol. The Morgan fingerprint density at radius 2 is 1.76 bits per heavy atom. The molecule has 0 aromatic rings. The van der Waals surface area contributed by atoms with Crippen molar-refractivity contribution in [3.63, 3.8) is 0 Å². The first kappa shape index (κ1) is 14.2. The van der Waals surface area contributed by atoms with E-state index < -0.39 is 27.4 Å². The molecule has 0 atom stereocenters. The summed E-state index contributed by atoms with van der Waals surface area (Å²) >= 11 is 0. The summed E-state index contributed by atoms with van der Waals surface area (Å²) in [4.78, 5) is 13.0. The summed E-state index contributed by atoms with van der Waals surface area (Å²) < 4.78 is 32.0. The fourth-order valence-corrected chi connectivity index (χ4v) is 2.47. The lowest BCUT2D eigenvalue weighted by Crippen LogP contribution is -2.64. The van der Waals surface area contributed by atoms with Gasteiger partial charge in [0.15, 0.2) is 0 Å². The van der Waals surface area contributed by atoms with Crippen LogP contribution >= 0.6 is 0 Å². The predicted molar refractivity (Wildman–Crippen MR) is 62.1 cm³/mol. The molecule has 0 aliphatic carbocycles. The van der Waals surface area contributed by atoms with Gasteiger partial charge in [0.2, 0.25) is 0 Å². The zero-order valence-corrected chi connectivity index (χ0v) is 11.6. The predicted octanol–water partition coefficient (Wildman–Crippen LogP) is 0.972. The summed E-state index contributed by atoms with van der Waals surface area (Å²) in [5.41, 5.74) is -1.38. The van der Waals surface area contributed by atoms with E-state index in [2.05, 4.69) is 0 Å². The number of rotatable bonds is 2. The molecular formula is C10H19NO5S. The van der Waals surface area contributed by atoms with E-state index in [4.69, 9.17) is 8.92 Å². The Labute approximate surface area is 102 Å². The first-order chi connectivity index (χ1) is 7.40. The molecule has 100 valence electrons. The Bertz CT molecular complexity index is 403. The van der Waals surface area contributed by atoms with Gasteiger partial charge in [-0.3, -0.25) is 4.18 Å². The number of carbonyl (C=O) groups excluding carboxylic acids is 1. The second-order valence-electron chi connectivity index (χ2n) is 5.57. The first-order valence-corrected chi connectivity index (χ1v) is 7.10. The molecule has 7 heteroatoms. The van der Waals surface area contributed by atoms with Crippen LogP contribution in [0.25, 0.3) is 0 Å². The van der Waals surface area contributed by atoms with Gasteiger partial charge < -0.3 is 9.64 Å². The average Bonchev–Trinajstić information content (AvgIpc) is 1.92. The van der Waals surface area contributed by atoms with Crippen molar-refractivity contribution in [2.75, 3.05) is 19.3 Å². The lowest BCUT2D eigenvalue weighted by Gasteiger charge is -2.46. The van der Waals surface area contributed by atoms with E-state index in [0.717, 1.165) is 6.26 Å². The Hall–Kier alpha value is -0.820. The summed E-state index contributed by atoms with van der Waals surface area (Å²) in [5.74, 6) is 0. The van der Waals surface area contributed by atoms with Crippen LogP contribution in [0, 0.1) is 0 Å². The molecule has 0 bridgehead atoms. The molecule has 1 aliphatic rings. The van der Waals surface area contributed by atoms with E-state index in [1.165, 1.54) is 4.90 Å². The van der Waals surface area contributed by atoms with Gasteiger partial charge in [-0.25, -0.2) is 4.79 Å². The Kier molecular flexibility index (Phi) is 3.46. The fourth-order valence-electron chi connectivity index (χ4n) is 1.63. The van der Waals surface area contributed by atoms with Crippen molar-refractivity contribution >= 4 is 16.2 Å². The van der Waals surface area contributed by atoms with Crippen LogP contribution in [-0.4, -0.2) is 50.0 Å². The SMILES string of the molecule is CC(C)(C)OC(=O)N1CC(C)(OS(C)(=O)=O)C1. The molecule has 0 N–H and O–H groups in total. The van der Waals surface area contributed by atoms with Crippen molar-refractivity contribution in [1.82, 2.24) is 4.90 Å². The van der Waals surface area contributed by atoms with Crippen LogP contribution in [0.5, 0.6) is 0 Å². The summed E-state index contributed by atoms with van der Waals surface area (Å²) in [7, 11) is -3.51. The van der Waals surface area contributed by atoms with E-state index >= 15 is 0 Å². The van der Waals surface area contributed by atoms with Crippen LogP contribution in [0.15, 0.2) is 0 Å². The Morgan fingerprint density at radius 1 is 1.29 bits per heavy atom. The van der Waals surface area contributed by atoms with Crippen molar-refractivity contribution in [2.45, 2.75) is 38.9 Å². The third-order valence-corrected chi connectivity index (χ3v) is 2.76. The van der Waals surface area contributed by atoms with Crippen molar-refractivity contribution in [2.24, 2.45) is 0 Å². The zero-order valence-electron chi connectivity index (χ0n) is 10.8. The lowest BCUT2D eigenvalue weighted by atomic mass is 9.98. The molecule has 1 heterocycles. The van der Waals surface area contributed by atoms with Crippen LogP contribution in [0.2, 0.25) is 0 Å². The van der Waals surface area contributed by atoms with E-state index in [0.29, 0.717) is 0 Å². The molecule has 0 saturated carbocycles. The summed E-state index contributed by atoms with van der Waals surface area (Å²) in [5, 5.41) is 0. The molecule has 0 unspecified atom stereocenters. The van der Waals surface area contributed by atoms with Crippen molar-refractivity contribution < 1.29 is 22.1 Å². The Morgan fingerprint density at radius 3 is 2.12 bits per heavy atom. The molecule has 0 radical (unpaired) electrons. The summed E-state index contributed by atoms with van der Waals surface area (Å²) in [6.07, 6.45) is 0.543. The molecule has 17 heavy (non-hydrogen) atoms. The lowest BCUT2D eigenvalue weighted by molar-refractivity contribution is -0.0678. The number of ether oxygens (including phenoxy) is 1. The number of hydrogen-bond acceptors (Lipinski definition) is 5. The molecule has 6 nitrogen and oxygen atoms in total. The van der Waals surface area contributed by atoms with Gasteiger partial charge in [0.25, 0.3) is 10.1 Å². The highest BCUT2D eigenvalue weighted by Gasteiger charge is 2.46. The van der Waals surface area contributed by atoms with Crippen molar-refractivity contribution in [3.05, 3.63) is 0 Å². The minimum Gasteiger partial charge on any atom is -0.444 e. The fraction of sp³-hybridized carbons (Fsp3) is 0.900. The van der Waals surface area contributed by atoms with Gasteiger partial charge in [0.05, 0.1) is 19.3 Å². The van der Waals surface area contributed by atoms with Crippen LogP contribution < -0.4 is 0 Å². The van der Waals surface area contributed by atoms with Gasteiger partial charge in [0.1, 0.15) is 11.2 Å². The summed E-state index contributed by atoms with van der Waals surface area (Å²) in [6, 6.07) is 0. The van der Waals surface area contributed by atoms with Gasteiger partial charge >= 0.3 is 6.09 Å². The van der Waals surface area contributed by atoms with Crippen LogP contribution in [-0.2, 0) is 19.0 Å². The third kappa shape index (κ3) is 4.51. The normalized spacial score (nSPS) is 19.7. The molecule has 0 aromatic heterocycles. The largest absolute Gasteiger partial charge is 0.444 e. The molecular weight excluding hydrogens is 246 g/mol. The van der Waals surface area contributed by atoms with Crippen LogP contribution in [0.3, 0.4) is 0 Å². The molecule has 0 spiro atoms. The topological polar surface area (TPSA) is 72.9 Å². The second kappa shape index (κ2) is 4.13. The Balaban J connectivity index is 2.49. The first-order valence-electron chi connectivity index (χ1n) is 5.29. The van der Waals surface area contributed by atoms with Gasteiger partial charge in [0, 0.05) is 0 Å². The number of amides is 1. The molecule has 0 aromatic carbocycles. The zero-order chi connectivity index (χ0) is 13.5. The maximum atomic E-state index is 11.6. The molecule has 1 amide bonds. The highest BCUT2D eigenvalue weighted by atomic mass is 32.2.